The Kier molecular flexibility index (Phi) is 3.44. The number of carbonyl (C=O) groups excluding carboxylic acids is 2. The van der Waals surface area contributed by atoms with E-state index < -0.39 is 6.04 Å². The average Bonchev–Trinajstić information content (AvgIpc) is 3.35. The summed E-state index contributed by atoms with van der Waals surface area (Å²) in [5, 5.41) is 2.84. The molecule has 124 valence electrons. The molecule has 24 heavy (non-hydrogen) atoms. The van der Waals surface area contributed by atoms with Crippen LogP contribution in [0.5, 0.6) is 5.75 Å². The number of hydrogen-bond donors (Lipinski definition) is 1. The average molecular weight is 324 g/mol. The van der Waals surface area contributed by atoms with Crippen molar-refractivity contribution in [2.75, 3.05) is 6.61 Å². The zero-order valence-corrected chi connectivity index (χ0v) is 13.8. The Labute approximate surface area is 140 Å². The second-order valence-electron chi connectivity index (χ2n) is 6.58. The minimum Gasteiger partial charge on any atom is -0.490 e. The Balaban J connectivity index is 1.55. The van der Waals surface area contributed by atoms with Crippen LogP contribution in [0.15, 0.2) is 30.3 Å². The van der Waals surface area contributed by atoms with Crippen molar-refractivity contribution in [2.24, 2.45) is 0 Å². The lowest BCUT2D eigenvalue weighted by atomic mass is 10.0. The number of aromatic nitrogens is 1. The fourth-order valence-corrected chi connectivity index (χ4v) is 3.48. The van der Waals surface area contributed by atoms with Crippen molar-refractivity contribution in [3.8, 4) is 5.75 Å². The van der Waals surface area contributed by atoms with Crippen LogP contribution in [-0.2, 0) is 0 Å². The number of benzene rings is 1. The first-order valence-electron chi connectivity index (χ1n) is 8.31. The first-order valence-corrected chi connectivity index (χ1v) is 8.31. The highest BCUT2D eigenvalue weighted by Crippen LogP contribution is 2.38. The third kappa shape index (κ3) is 2.40. The summed E-state index contributed by atoms with van der Waals surface area (Å²) >= 11 is 0. The predicted octanol–water partition coefficient (Wildman–Crippen LogP) is 2.81. The first kappa shape index (κ1) is 15.0. The number of ether oxygens (including phenoxy) is 1. The normalized spacial score (nSPS) is 19.6. The summed E-state index contributed by atoms with van der Waals surface area (Å²) in [6, 6.07) is 8.93. The van der Waals surface area contributed by atoms with E-state index in [2.05, 4.69) is 9.88 Å². The standard InChI is InChI=1S/C19H20N2O3/c1-11-9-15(12(2)21(11)13-7-8-13)19(23)20-16-10-24-17-6-4-3-5-14(17)18(16)22/h3-6,9,13,16H,7-8,10H2,1-2H3,(H,20,23)/t16-/m1/s1. The minimum absolute atomic E-state index is 0.0961. The van der Waals surface area contributed by atoms with Gasteiger partial charge in [-0.1, -0.05) is 12.1 Å². The smallest absolute Gasteiger partial charge is 0.253 e. The summed E-state index contributed by atoms with van der Waals surface area (Å²) in [6.07, 6.45) is 2.34. The zero-order valence-electron chi connectivity index (χ0n) is 13.8. The second kappa shape index (κ2) is 5.51. The van der Waals surface area contributed by atoms with Crippen molar-refractivity contribution >= 4 is 11.7 Å². The maximum absolute atomic E-state index is 12.7. The van der Waals surface area contributed by atoms with Gasteiger partial charge in [-0.2, -0.15) is 0 Å². The minimum atomic E-state index is -0.642. The van der Waals surface area contributed by atoms with E-state index in [9.17, 15) is 9.59 Å². The van der Waals surface area contributed by atoms with Crippen LogP contribution >= 0.6 is 0 Å². The molecule has 5 nitrogen and oxygen atoms in total. The molecule has 0 saturated heterocycles. The van der Waals surface area contributed by atoms with Gasteiger partial charge >= 0.3 is 0 Å². The number of amides is 1. The molecule has 4 rings (SSSR count). The van der Waals surface area contributed by atoms with E-state index in [1.807, 2.05) is 26.0 Å². The molecular weight excluding hydrogens is 304 g/mol. The number of para-hydroxylation sites is 1. The van der Waals surface area contributed by atoms with Gasteiger partial charge in [-0.15, -0.1) is 0 Å². The molecule has 1 amide bonds. The summed E-state index contributed by atoms with van der Waals surface area (Å²) in [7, 11) is 0. The van der Waals surface area contributed by atoms with Gasteiger partial charge < -0.3 is 14.6 Å². The lowest BCUT2D eigenvalue weighted by molar-refractivity contribution is 0.0795. The lowest BCUT2D eigenvalue weighted by Crippen LogP contribution is -2.47. The Bertz CT molecular complexity index is 833. The van der Waals surface area contributed by atoms with E-state index in [1.165, 1.54) is 12.8 Å². The number of carbonyl (C=O) groups is 2. The number of aryl methyl sites for hydroxylation is 1. The maximum atomic E-state index is 12.7. The molecule has 1 aliphatic heterocycles. The van der Waals surface area contributed by atoms with E-state index in [1.54, 1.807) is 18.2 Å². The highest BCUT2D eigenvalue weighted by molar-refractivity contribution is 6.06. The fraction of sp³-hybridized carbons (Fsp3) is 0.368. The molecule has 1 aromatic carbocycles. The lowest BCUT2D eigenvalue weighted by Gasteiger charge is -2.24. The van der Waals surface area contributed by atoms with Crippen molar-refractivity contribution in [1.82, 2.24) is 9.88 Å². The molecule has 1 saturated carbocycles. The monoisotopic (exact) mass is 324 g/mol. The molecule has 1 atom stereocenters. The van der Waals surface area contributed by atoms with E-state index in [-0.39, 0.29) is 18.3 Å². The first-order chi connectivity index (χ1) is 11.6. The molecule has 0 bridgehead atoms. The summed E-state index contributed by atoms with van der Waals surface area (Å²) in [6.45, 7) is 4.16. The van der Waals surface area contributed by atoms with Crippen LogP contribution in [0, 0.1) is 13.8 Å². The summed E-state index contributed by atoms with van der Waals surface area (Å²) in [5.41, 5.74) is 3.23. The van der Waals surface area contributed by atoms with Crippen LogP contribution in [0.25, 0.3) is 0 Å². The van der Waals surface area contributed by atoms with Crippen LogP contribution in [0.1, 0.15) is 51.0 Å². The van der Waals surface area contributed by atoms with Gasteiger partial charge in [0.25, 0.3) is 5.91 Å². The van der Waals surface area contributed by atoms with Gasteiger partial charge in [-0.05, 0) is 44.9 Å². The van der Waals surface area contributed by atoms with Crippen molar-refractivity contribution in [2.45, 2.75) is 38.8 Å². The van der Waals surface area contributed by atoms with Gasteiger partial charge in [0.2, 0.25) is 0 Å². The Morgan fingerprint density at radius 3 is 2.75 bits per heavy atom. The van der Waals surface area contributed by atoms with Crippen LogP contribution in [0.2, 0.25) is 0 Å². The van der Waals surface area contributed by atoms with Gasteiger partial charge in [0.15, 0.2) is 5.78 Å². The number of rotatable bonds is 3. The van der Waals surface area contributed by atoms with E-state index in [0.29, 0.717) is 22.9 Å². The van der Waals surface area contributed by atoms with Crippen LogP contribution in [0.4, 0.5) is 0 Å². The van der Waals surface area contributed by atoms with Gasteiger partial charge in [0.05, 0.1) is 11.1 Å². The van der Waals surface area contributed by atoms with Crippen molar-refractivity contribution in [3.05, 3.63) is 52.8 Å². The molecule has 2 heterocycles. The molecule has 0 unspecified atom stereocenters. The maximum Gasteiger partial charge on any atom is 0.253 e. The van der Waals surface area contributed by atoms with Gasteiger partial charge in [-0.25, -0.2) is 0 Å². The highest BCUT2D eigenvalue weighted by atomic mass is 16.5. The van der Waals surface area contributed by atoms with Crippen molar-refractivity contribution in [1.29, 1.82) is 0 Å². The topological polar surface area (TPSA) is 60.3 Å². The molecule has 2 aliphatic rings. The predicted molar refractivity (Wildman–Crippen MR) is 89.7 cm³/mol. The molecule has 1 N–H and O–H groups in total. The molecular formula is C19H20N2O3. The Hall–Kier alpha value is -2.56. The van der Waals surface area contributed by atoms with Crippen LogP contribution in [0.3, 0.4) is 0 Å². The quantitative estimate of drug-likeness (QED) is 0.944. The third-order valence-corrected chi connectivity index (χ3v) is 4.82. The van der Waals surface area contributed by atoms with E-state index >= 15 is 0 Å². The number of fused-ring (bicyclic) bond motifs is 1. The van der Waals surface area contributed by atoms with Gasteiger partial charge in [-0.3, -0.25) is 9.59 Å². The van der Waals surface area contributed by atoms with E-state index in [0.717, 1.165) is 11.4 Å². The summed E-state index contributed by atoms with van der Waals surface area (Å²) in [4.78, 5) is 25.2. The largest absolute Gasteiger partial charge is 0.490 e. The number of nitrogens with one attached hydrogen (secondary N) is 1. The van der Waals surface area contributed by atoms with E-state index in [4.69, 9.17) is 4.74 Å². The van der Waals surface area contributed by atoms with Gasteiger partial charge in [0.1, 0.15) is 18.4 Å². The number of Topliss-reactive ketones (excluding diaryl/α,β-unsaturated/α-hetero) is 1. The van der Waals surface area contributed by atoms with Crippen LogP contribution < -0.4 is 10.1 Å². The van der Waals surface area contributed by atoms with Crippen molar-refractivity contribution in [3.63, 3.8) is 0 Å². The zero-order chi connectivity index (χ0) is 16.8. The van der Waals surface area contributed by atoms with Crippen molar-refractivity contribution < 1.29 is 14.3 Å². The molecule has 1 aliphatic carbocycles. The molecule has 2 aromatic rings. The highest BCUT2D eigenvalue weighted by Gasteiger charge is 2.32. The summed E-state index contributed by atoms with van der Waals surface area (Å²) < 4.78 is 7.84. The fourth-order valence-electron chi connectivity index (χ4n) is 3.48. The summed E-state index contributed by atoms with van der Waals surface area (Å²) in [5.74, 6) is 0.275. The molecule has 0 radical (unpaired) electrons. The van der Waals surface area contributed by atoms with Crippen LogP contribution in [-0.4, -0.2) is 28.9 Å². The number of hydrogen-bond acceptors (Lipinski definition) is 3. The molecule has 1 aromatic heterocycles. The molecule has 0 spiro atoms. The third-order valence-electron chi connectivity index (χ3n) is 4.82. The second-order valence-corrected chi connectivity index (χ2v) is 6.58. The molecule has 1 fully saturated rings. The number of ketones is 1. The SMILES string of the molecule is Cc1cc(C(=O)N[C@@H]2COc3ccccc3C2=O)c(C)n1C1CC1. The number of nitrogens with zero attached hydrogens (tertiary/aromatic N) is 1. The Morgan fingerprint density at radius 2 is 2.00 bits per heavy atom. The molecule has 5 heteroatoms. The Morgan fingerprint density at radius 1 is 1.25 bits per heavy atom. The van der Waals surface area contributed by atoms with Gasteiger partial charge in [0, 0.05) is 17.4 Å².